The van der Waals surface area contributed by atoms with Crippen molar-refractivity contribution in [3.05, 3.63) is 77.7 Å². The summed E-state index contributed by atoms with van der Waals surface area (Å²) < 4.78 is 21.2. The minimum atomic E-state index is -0.133. The van der Waals surface area contributed by atoms with Crippen molar-refractivity contribution in [3.63, 3.8) is 0 Å². The van der Waals surface area contributed by atoms with Gasteiger partial charge in [-0.25, -0.2) is 4.39 Å². The van der Waals surface area contributed by atoms with E-state index in [4.69, 9.17) is 9.40 Å². The zero-order valence-electron chi connectivity index (χ0n) is 17.5. The minimum absolute atomic E-state index is 0.133. The summed E-state index contributed by atoms with van der Waals surface area (Å²) in [5, 5.41) is 4.09. The maximum absolute atomic E-state index is 14.9. The number of aryl methyl sites for hydroxylation is 1. The molecule has 0 unspecified atom stereocenters. The molecule has 5 aromatic rings. The molecular formula is C27H24FNO. The van der Waals surface area contributed by atoms with Crippen molar-refractivity contribution < 1.29 is 8.81 Å². The summed E-state index contributed by atoms with van der Waals surface area (Å²) in [5.74, 6) is 0.0548. The van der Waals surface area contributed by atoms with Crippen molar-refractivity contribution >= 4 is 32.7 Å². The number of aromatic nitrogens is 1. The molecule has 30 heavy (non-hydrogen) atoms. The number of pyridine rings is 1. The van der Waals surface area contributed by atoms with Crippen LogP contribution >= 0.6 is 0 Å². The molecule has 5 rings (SSSR count). The molecule has 0 amide bonds. The number of fused-ring (bicyclic) bond motifs is 4. The van der Waals surface area contributed by atoms with Gasteiger partial charge in [-0.1, -0.05) is 32.0 Å². The van der Waals surface area contributed by atoms with Crippen LogP contribution in [0.4, 0.5) is 4.39 Å². The SMILES string of the molecule is CCC(CC)c1c(F)ccc2c(-c3cc(C)cc4c3oc3ccccc34)nccc12. The number of rotatable bonds is 4. The summed E-state index contributed by atoms with van der Waals surface area (Å²) in [6, 6.07) is 17.8. The average molecular weight is 397 g/mol. The minimum Gasteiger partial charge on any atom is -0.455 e. The molecule has 0 atom stereocenters. The predicted molar refractivity (Wildman–Crippen MR) is 122 cm³/mol. The lowest BCUT2D eigenvalue weighted by Gasteiger charge is -2.18. The highest BCUT2D eigenvalue weighted by atomic mass is 19.1. The number of hydrogen-bond acceptors (Lipinski definition) is 2. The normalized spacial score (nSPS) is 11.9. The molecule has 0 aliphatic carbocycles. The van der Waals surface area contributed by atoms with Gasteiger partial charge < -0.3 is 4.42 Å². The molecule has 0 radical (unpaired) electrons. The highest BCUT2D eigenvalue weighted by Crippen LogP contribution is 2.40. The molecule has 0 bridgehead atoms. The second-order valence-electron chi connectivity index (χ2n) is 8.02. The molecule has 0 saturated heterocycles. The zero-order chi connectivity index (χ0) is 20.8. The Hall–Kier alpha value is -3.20. The van der Waals surface area contributed by atoms with Crippen LogP contribution in [0.25, 0.3) is 44.0 Å². The molecule has 0 saturated carbocycles. The van der Waals surface area contributed by atoms with Gasteiger partial charge in [0.05, 0.1) is 5.69 Å². The van der Waals surface area contributed by atoms with Crippen LogP contribution in [0.15, 0.2) is 65.2 Å². The predicted octanol–water partition coefficient (Wildman–Crippen LogP) is 8.15. The topological polar surface area (TPSA) is 26.0 Å². The molecule has 0 N–H and O–H groups in total. The zero-order valence-corrected chi connectivity index (χ0v) is 17.5. The van der Waals surface area contributed by atoms with Gasteiger partial charge in [-0.15, -0.1) is 0 Å². The molecule has 0 aliphatic heterocycles. The van der Waals surface area contributed by atoms with E-state index in [2.05, 4.69) is 39.0 Å². The van der Waals surface area contributed by atoms with Crippen molar-refractivity contribution in [1.82, 2.24) is 4.98 Å². The summed E-state index contributed by atoms with van der Waals surface area (Å²) in [6.07, 6.45) is 3.60. The third-order valence-electron chi connectivity index (χ3n) is 6.21. The summed E-state index contributed by atoms with van der Waals surface area (Å²) >= 11 is 0. The summed E-state index contributed by atoms with van der Waals surface area (Å²) in [5.41, 5.74) is 5.43. The van der Waals surface area contributed by atoms with Crippen molar-refractivity contribution in [3.8, 4) is 11.3 Å². The van der Waals surface area contributed by atoms with Gasteiger partial charge in [0, 0.05) is 27.9 Å². The standard InChI is InChI=1S/C27H24FNO/c1-4-17(5-2)25-19-12-13-29-26(20(19)10-11-23(25)28)22-15-16(3)14-21-18-8-6-7-9-24(18)30-27(21)22/h6-15,17H,4-5H2,1-3H3. The van der Waals surface area contributed by atoms with E-state index in [0.717, 1.165) is 67.9 Å². The van der Waals surface area contributed by atoms with E-state index in [-0.39, 0.29) is 11.7 Å². The molecule has 2 heterocycles. The highest BCUT2D eigenvalue weighted by Gasteiger charge is 2.20. The Labute approximate surface area is 175 Å². The van der Waals surface area contributed by atoms with Crippen LogP contribution in [-0.4, -0.2) is 4.98 Å². The summed E-state index contributed by atoms with van der Waals surface area (Å²) in [7, 11) is 0. The first-order chi connectivity index (χ1) is 14.6. The number of benzene rings is 3. The fourth-order valence-electron chi connectivity index (χ4n) is 4.73. The van der Waals surface area contributed by atoms with Crippen LogP contribution in [0, 0.1) is 12.7 Å². The molecule has 2 nitrogen and oxygen atoms in total. The Balaban J connectivity index is 1.87. The molecule has 3 heteroatoms. The quantitative estimate of drug-likeness (QED) is 0.306. The van der Waals surface area contributed by atoms with Crippen molar-refractivity contribution in [1.29, 1.82) is 0 Å². The number of halogens is 1. The lowest BCUT2D eigenvalue weighted by atomic mass is 9.88. The van der Waals surface area contributed by atoms with Gasteiger partial charge in [0.2, 0.25) is 0 Å². The van der Waals surface area contributed by atoms with Crippen LogP contribution in [0.1, 0.15) is 43.7 Å². The maximum atomic E-state index is 14.9. The summed E-state index contributed by atoms with van der Waals surface area (Å²) in [6.45, 7) is 6.32. The van der Waals surface area contributed by atoms with Gasteiger partial charge in [-0.05, 0) is 78.6 Å². The second-order valence-corrected chi connectivity index (χ2v) is 8.02. The van der Waals surface area contributed by atoms with E-state index in [1.54, 1.807) is 12.3 Å². The largest absolute Gasteiger partial charge is 0.455 e. The van der Waals surface area contributed by atoms with Crippen LogP contribution in [0.3, 0.4) is 0 Å². The van der Waals surface area contributed by atoms with Gasteiger partial charge in [-0.3, -0.25) is 4.98 Å². The van der Waals surface area contributed by atoms with Crippen LogP contribution in [0.2, 0.25) is 0 Å². The van der Waals surface area contributed by atoms with E-state index >= 15 is 0 Å². The van der Waals surface area contributed by atoms with Crippen LogP contribution in [-0.2, 0) is 0 Å². The van der Waals surface area contributed by atoms with E-state index in [9.17, 15) is 4.39 Å². The third kappa shape index (κ3) is 2.80. The Morgan fingerprint density at radius 3 is 2.50 bits per heavy atom. The van der Waals surface area contributed by atoms with Crippen molar-refractivity contribution in [2.45, 2.75) is 39.5 Å². The second kappa shape index (κ2) is 7.24. The Kier molecular flexibility index (Phi) is 4.54. The molecule has 0 spiro atoms. The molecule has 150 valence electrons. The smallest absolute Gasteiger partial charge is 0.144 e. The number of para-hydroxylation sites is 1. The van der Waals surface area contributed by atoms with Gasteiger partial charge in [-0.2, -0.15) is 0 Å². The Morgan fingerprint density at radius 1 is 0.900 bits per heavy atom. The lowest BCUT2D eigenvalue weighted by molar-refractivity contribution is 0.563. The number of furan rings is 1. The van der Waals surface area contributed by atoms with Crippen molar-refractivity contribution in [2.75, 3.05) is 0 Å². The van der Waals surface area contributed by atoms with E-state index < -0.39 is 0 Å². The summed E-state index contributed by atoms with van der Waals surface area (Å²) in [4.78, 5) is 4.74. The lowest BCUT2D eigenvalue weighted by Crippen LogP contribution is -2.01. The van der Waals surface area contributed by atoms with Gasteiger partial charge in [0.1, 0.15) is 17.0 Å². The first-order valence-corrected chi connectivity index (χ1v) is 10.6. The van der Waals surface area contributed by atoms with Crippen LogP contribution in [0.5, 0.6) is 0 Å². The number of hydrogen-bond donors (Lipinski definition) is 0. The molecule has 0 fully saturated rings. The highest BCUT2D eigenvalue weighted by molar-refractivity contribution is 6.12. The molecular weight excluding hydrogens is 373 g/mol. The molecule has 0 aliphatic rings. The van der Waals surface area contributed by atoms with Gasteiger partial charge >= 0.3 is 0 Å². The number of nitrogens with zero attached hydrogens (tertiary/aromatic N) is 1. The van der Waals surface area contributed by atoms with Gasteiger partial charge in [0.15, 0.2) is 0 Å². The van der Waals surface area contributed by atoms with Crippen LogP contribution < -0.4 is 0 Å². The average Bonchev–Trinajstić information content (AvgIpc) is 3.13. The fraction of sp³-hybridized carbons (Fsp3) is 0.222. The Morgan fingerprint density at radius 2 is 1.70 bits per heavy atom. The fourth-order valence-corrected chi connectivity index (χ4v) is 4.73. The Bertz CT molecular complexity index is 1390. The van der Waals surface area contributed by atoms with Gasteiger partial charge in [0.25, 0.3) is 0 Å². The molecule has 3 aromatic carbocycles. The first-order valence-electron chi connectivity index (χ1n) is 10.6. The monoisotopic (exact) mass is 397 g/mol. The van der Waals surface area contributed by atoms with E-state index in [1.807, 2.05) is 30.3 Å². The third-order valence-corrected chi connectivity index (χ3v) is 6.21. The first kappa shape index (κ1) is 18.8. The van der Waals surface area contributed by atoms with E-state index in [0.29, 0.717) is 0 Å². The van der Waals surface area contributed by atoms with Crippen molar-refractivity contribution in [2.24, 2.45) is 0 Å². The molecule has 2 aromatic heterocycles. The maximum Gasteiger partial charge on any atom is 0.144 e. The van der Waals surface area contributed by atoms with E-state index in [1.165, 1.54) is 0 Å².